The van der Waals surface area contributed by atoms with Gasteiger partial charge in [0, 0.05) is 18.4 Å². The topological polar surface area (TPSA) is 65.4 Å². The lowest BCUT2D eigenvalue weighted by Gasteiger charge is -2.23. The summed E-state index contributed by atoms with van der Waals surface area (Å²) in [5, 5.41) is 7.77. The van der Waals surface area contributed by atoms with Gasteiger partial charge in [-0.25, -0.2) is 4.68 Å². The Morgan fingerprint density at radius 3 is 2.47 bits per heavy atom. The molecule has 34 heavy (non-hydrogen) atoms. The molecule has 6 heteroatoms. The van der Waals surface area contributed by atoms with Gasteiger partial charge in [0.25, 0.3) is 5.91 Å². The molecule has 0 saturated carbocycles. The van der Waals surface area contributed by atoms with Gasteiger partial charge in [-0.15, -0.1) is 0 Å². The molecule has 1 aromatic heterocycles. The largest absolute Gasteiger partial charge is 0.489 e. The van der Waals surface area contributed by atoms with E-state index in [4.69, 9.17) is 14.6 Å². The number of carbonyl (C=O) groups is 1. The number of nitrogens with one attached hydrogen (secondary N) is 1. The van der Waals surface area contributed by atoms with Gasteiger partial charge in [0.15, 0.2) is 0 Å². The Kier molecular flexibility index (Phi) is 6.68. The van der Waals surface area contributed by atoms with Crippen LogP contribution in [-0.2, 0) is 4.74 Å². The van der Waals surface area contributed by atoms with E-state index in [1.807, 2.05) is 84.9 Å². The van der Waals surface area contributed by atoms with E-state index in [0.717, 1.165) is 37.1 Å². The van der Waals surface area contributed by atoms with Gasteiger partial charge >= 0.3 is 0 Å². The van der Waals surface area contributed by atoms with E-state index < -0.39 is 0 Å². The van der Waals surface area contributed by atoms with Crippen LogP contribution in [0.25, 0.3) is 16.9 Å². The minimum Gasteiger partial charge on any atom is -0.489 e. The first-order valence-electron chi connectivity index (χ1n) is 11.6. The quantitative estimate of drug-likeness (QED) is 0.388. The van der Waals surface area contributed by atoms with Crippen LogP contribution >= 0.6 is 0 Å². The van der Waals surface area contributed by atoms with E-state index in [9.17, 15) is 4.79 Å². The molecular weight excluding hydrogens is 426 g/mol. The molecule has 1 fully saturated rings. The van der Waals surface area contributed by atoms with Crippen LogP contribution in [0.5, 0.6) is 5.75 Å². The number of hydrogen-bond donors (Lipinski definition) is 1. The second-order valence-corrected chi connectivity index (χ2v) is 8.29. The van der Waals surface area contributed by atoms with E-state index in [2.05, 4.69) is 5.32 Å². The van der Waals surface area contributed by atoms with Crippen molar-refractivity contribution in [1.29, 1.82) is 0 Å². The molecule has 2 heterocycles. The summed E-state index contributed by atoms with van der Waals surface area (Å²) in [5.74, 6) is 0.382. The highest BCUT2D eigenvalue weighted by molar-refractivity contribution is 6.08. The van der Waals surface area contributed by atoms with Gasteiger partial charge in [-0.3, -0.25) is 4.79 Å². The molecule has 3 aromatic carbocycles. The van der Waals surface area contributed by atoms with Crippen LogP contribution in [0.3, 0.4) is 0 Å². The van der Waals surface area contributed by atoms with Gasteiger partial charge in [0.2, 0.25) is 0 Å². The van der Waals surface area contributed by atoms with Crippen molar-refractivity contribution in [2.24, 2.45) is 0 Å². The number of anilines is 1. The number of rotatable bonds is 7. The van der Waals surface area contributed by atoms with Gasteiger partial charge in [0.1, 0.15) is 18.1 Å². The number of ether oxygens (including phenoxy) is 2. The fourth-order valence-corrected chi connectivity index (χ4v) is 4.07. The fourth-order valence-electron chi connectivity index (χ4n) is 4.07. The van der Waals surface area contributed by atoms with E-state index in [0.29, 0.717) is 29.3 Å². The van der Waals surface area contributed by atoms with E-state index in [-0.39, 0.29) is 12.0 Å². The zero-order valence-electron chi connectivity index (χ0n) is 18.9. The Hall–Kier alpha value is -3.90. The van der Waals surface area contributed by atoms with Gasteiger partial charge in [-0.05, 0) is 43.5 Å². The molecule has 1 saturated heterocycles. The third-order valence-electron chi connectivity index (χ3n) is 5.86. The van der Waals surface area contributed by atoms with Crippen molar-refractivity contribution in [1.82, 2.24) is 9.78 Å². The first kappa shape index (κ1) is 21.9. The number of nitrogens with zero attached hydrogens (tertiary/aromatic N) is 2. The van der Waals surface area contributed by atoms with Crippen molar-refractivity contribution in [3.05, 3.63) is 96.7 Å². The summed E-state index contributed by atoms with van der Waals surface area (Å²) in [7, 11) is 0. The maximum absolute atomic E-state index is 13.5. The maximum Gasteiger partial charge on any atom is 0.259 e. The SMILES string of the molecule is O=C(Nc1ccccc1OCC1CCCCO1)c1cn(-c2ccccc2)nc1-c1ccccc1. The van der Waals surface area contributed by atoms with Crippen molar-refractivity contribution in [2.45, 2.75) is 25.4 Å². The second kappa shape index (κ2) is 10.4. The monoisotopic (exact) mass is 453 g/mol. The molecule has 0 radical (unpaired) electrons. The molecule has 1 unspecified atom stereocenters. The van der Waals surface area contributed by atoms with Crippen molar-refractivity contribution >= 4 is 11.6 Å². The Morgan fingerprint density at radius 1 is 0.971 bits per heavy atom. The standard InChI is InChI=1S/C28H27N3O3/c32-28(29-25-16-7-8-17-26(25)34-20-23-15-9-10-18-33-23)24-19-31(22-13-5-2-6-14-22)30-27(24)21-11-3-1-4-12-21/h1-8,11-14,16-17,19,23H,9-10,15,18,20H2,(H,29,32). The molecule has 0 aliphatic carbocycles. The molecule has 4 aromatic rings. The summed E-state index contributed by atoms with van der Waals surface area (Å²) in [6, 6.07) is 27.0. The van der Waals surface area contributed by atoms with E-state index in [1.165, 1.54) is 0 Å². The second-order valence-electron chi connectivity index (χ2n) is 8.29. The molecule has 1 amide bonds. The van der Waals surface area contributed by atoms with Gasteiger partial charge < -0.3 is 14.8 Å². The molecule has 1 atom stereocenters. The van der Waals surface area contributed by atoms with Crippen molar-refractivity contribution in [3.63, 3.8) is 0 Å². The third-order valence-corrected chi connectivity index (χ3v) is 5.86. The van der Waals surface area contributed by atoms with Crippen molar-refractivity contribution in [3.8, 4) is 22.7 Å². The molecule has 6 nitrogen and oxygen atoms in total. The summed E-state index contributed by atoms with van der Waals surface area (Å²) < 4.78 is 13.6. The number of aromatic nitrogens is 2. The Morgan fingerprint density at radius 2 is 1.71 bits per heavy atom. The zero-order valence-corrected chi connectivity index (χ0v) is 18.9. The fraction of sp³-hybridized carbons (Fsp3) is 0.214. The normalized spacial score (nSPS) is 15.6. The number of para-hydroxylation sites is 3. The number of hydrogen-bond acceptors (Lipinski definition) is 4. The van der Waals surface area contributed by atoms with Gasteiger partial charge in [-0.2, -0.15) is 5.10 Å². The summed E-state index contributed by atoms with van der Waals surface area (Å²) in [6.07, 6.45) is 5.11. The maximum atomic E-state index is 13.5. The third kappa shape index (κ3) is 5.02. The highest BCUT2D eigenvalue weighted by atomic mass is 16.5. The molecule has 5 rings (SSSR count). The summed E-state index contributed by atoms with van der Waals surface area (Å²) in [5.41, 5.74) is 3.49. The van der Waals surface area contributed by atoms with Gasteiger partial charge in [0.05, 0.1) is 23.0 Å². The van der Waals surface area contributed by atoms with Gasteiger partial charge in [-0.1, -0.05) is 60.7 Å². The number of carbonyl (C=O) groups excluding carboxylic acids is 1. The molecule has 1 N–H and O–H groups in total. The lowest BCUT2D eigenvalue weighted by atomic mass is 10.1. The summed E-state index contributed by atoms with van der Waals surface area (Å²) in [4.78, 5) is 13.5. The Balaban J connectivity index is 1.41. The lowest BCUT2D eigenvalue weighted by molar-refractivity contribution is -0.0109. The van der Waals surface area contributed by atoms with E-state index in [1.54, 1.807) is 10.9 Å². The predicted octanol–water partition coefficient (Wildman–Crippen LogP) is 5.74. The first-order valence-corrected chi connectivity index (χ1v) is 11.6. The highest BCUT2D eigenvalue weighted by Crippen LogP contribution is 2.28. The molecule has 0 spiro atoms. The minimum atomic E-state index is -0.244. The van der Waals surface area contributed by atoms with Crippen LogP contribution in [0.15, 0.2) is 91.1 Å². The van der Waals surface area contributed by atoms with Crippen LogP contribution in [0, 0.1) is 0 Å². The smallest absolute Gasteiger partial charge is 0.259 e. The number of benzene rings is 3. The van der Waals surface area contributed by atoms with E-state index >= 15 is 0 Å². The van der Waals surface area contributed by atoms with Crippen LogP contribution < -0.4 is 10.1 Å². The van der Waals surface area contributed by atoms with Crippen LogP contribution in [0.2, 0.25) is 0 Å². The lowest BCUT2D eigenvalue weighted by Crippen LogP contribution is -2.26. The molecule has 1 aliphatic rings. The van der Waals surface area contributed by atoms with Crippen LogP contribution in [0.1, 0.15) is 29.6 Å². The predicted molar refractivity (Wildman–Crippen MR) is 132 cm³/mol. The van der Waals surface area contributed by atoms with Crippen molar-refractivity contribution < 1.29 is 14.3 Å². The first-order chi connectivity index (χ1) is 16.8. The summed E-state index contributed by atoms with van der Waals surface area (Å²) >= 11 is 0. The Labute approximate surface area is 199 Å². The van der Waals surface area contributed by atoms with Crippen molar-refractivity contribution in [2.75, 3.05) is 18.5 Å². The molecule has 0 bridgehead atoms. The molecule has 172 valence electrons. The average molecular weight is 454 g/mol. The molecule has 1 aliphatic heterocycles. The molecular formula is C28H27N3O3. The Bertz CT molecular complexity index is 1230. The average Bonchev–Trinajstić information content (AvgIpc) is 3.36. The van der Waals surface area contributed by atoms with Crippen LogP contribution in [-0.4, -0.2) is 35.0 Å². The zero-order chi connectivity index (χ0) is 23.2. The van der Waals surface area contributed by atoms with Crippen LogP contribution in [0.4, 0.5) is 5.69 Å². The number of amides is 1. The highest BCUT2D eigenvalue weighted by Gasteiger charge is 2.21. The summed E-state index contributed by atoms with van der Waals surface area (Å²) in [6.45, 7) is 1.24. The minimum absolute atomic E-state index is 0.0892.